The van der Waals surface area contributed by atoms with Gasteiger partial charge in [0.1, 0.15) is 29.7 Å². The molecule has 0 unspecified atom stereocenters. The summed E-state index contributed by atoms with van der Waals surface area (Å²) < 4.78 is 11.5. The summed E-state index contributed by atoms with van der Waals surface area (Å²) in [5.41, 5.74) is 8.40. The Balaban J connectivity index is 2.02. The Morgan fingerprint density at radius 3 is 2.69 bits per heavy atom. The highest BCUT2D eigenvalue weighted by atomic mass is 16.5. The number of nitrogens with two attached hydrogens (primary N) is 1. The van der Waals surface area contributed by atoms with Gasteiger partial charge >= 0.3 is 0 Å². The molecule has 148 valence electrons. The number of anilines is 1. The fourth-order valence-corrected chi connectivity index (χ4v) is 3.11. The van der Waals surface area contributed by atoms with Crippen LogP contribution in [0.3, 0.4) is 0 Å². The van der Waals surface area contributed by atoms with Crippen molar-refractivity contribution in [3.8, 4) is 17.6 Å². The largest absolute Gasteiger partial charge is 0.496 e. The van der Waals surface area contributed by atoms with Crippen molar-refractivity contribution < 1.29 is 14.3 Å². The number of nitriles is 1. The lowest BCUT2D eigenvalue weighted by Gasteiger charge is -2.21. The molecule has 0 aliphatic carbocycles. The van der Waals surface area contributed by atoms with Crippen LogP contribution < -0.4 is 20.1 Å². The number of rotatable bonds is 6. The molecule has 7 nitrogen and oxygen atoms in total. The van der Waals surface area contributed by atoms with Crippen molar-refractivity contribution in [1.82, 2.24) is 4.98 Å². The number of benzene rings is 2. The van der Waals surface area contributed by atoms with Gasteiger partial charge in [-0.05, 0) is 31.2 Å². The summed E-state index contributed by atoms with van der Waals surface area (Å²) >= 11 is 0. The topological polar surface area (TPSA) is 101 Å². The summed E-state index contributed by atoms with van der Waals surface area (Å²) in [5.74, 6) is 0.810. The number of amides is 1. The number of carbonyl (C=O) groups excluding carboxylic acids is 1. The van der Waals surface area contributed by atoms with E-state index < -0.39 is 0 Å². The smallest absolute Gasteiger partial charge is 0.240 e. The summed E-state index contributed by atoms with van der Waals surface area (Å²) in [5, 5.41) is 10.7. The third kappa shape index (κ3) is 3.98. The Bertz CT molecular complexity index is 1110. The highest BCUT2D eigenvalue weighted by Gasteiger charge is 2.20. The van der Waals surface area contributed by atoms with Gasteiger partial charge in [-0.2, -0.15) is 5.26 Å². The van der Waals surface area contributed by atoms with Gasteiger partial charge in [-0.25, -0.2) is 4.98 Å². The minimum absolute atomic E-state index is 0.0826. The van der Waals surface area contributed by atoms with Gasteiger partial charge in [0, 0.05) is 18.1 Å². The van der Waals surface area contributed by atoms with E-state index in [1.807, 2.05) is 37.3 Å². The molecule has 3 aromatic rings. The number of para-hydroxylation sites is 1. The van der Waals surface area contributed by atoms with Crippen molar-refractivity contribution >= 4 is 22.5 Å². The van der Waals surface area contributed by atoms with Crippen LogP contribution in [0.2, 0.25) is 0 Å². The molecule has 29 heavy (non-hydrogen) atoms. The van der Waals surface area contributed by atoms with Gasteiger partial charge < -0.3 is 20.1 Å². The Morgan fingerprint density at radius 2 is 2.00 bits per heavy atom. The number of nitrogens with zero attached hydrogens (tertiary/aromatic N) is 3. The van der Waals surface area contributed by atoms with Crippen molar-refractivity contribution in [2.24, 2.45) is 5.73 Å². The third-order valence-corrected chi connectivity index (χ3v) is 4.68. The predicted octanol–water partition coefficient (Wildman–Crippen LogP) is 2.92. The van der Waals surface area contributed by atoms with E-state index in [1.54, 1.807) is 19.2 Å². The molecule has 2 aromatic carbocycles. The molecule has 1 amide bonds. The predicted molar refractivity (Wildman–Crippen MR) is 111 cm³/mol. The lowest BCUT2D eigenvalue weighted by molar-refractivity contribution is -0.117. The summed E-state index contributed by atoms with van der Waals surface area (Å²) in [4.78, 5) is 18.0. The summed E-state index contributed by atoms with van der Waals surface area (Å²) in [6.45, 7) is 1.85. The number of aryl methyl sites for hydroxylation is 1. The zero-order chi connectivity index (χ0) is 21.0. The monoisotopic (exact) mass is 390 g/mol. The van der Waals surface area contributed by atoms with Crippen LogP contribution >= 0.6 is 0 Å². The minimum atomic E-state index is -0.299. The number of ether oxygens (including phenoxy) is 2. The van der Waals surface area contributed by atoms with E-state index in [0.717, 1.165) is 16.6 Å². The maximum Gasteiger partial charge on any atom is 0.240 e. The van der Waals surface area contributed by atoms with Crippen LogP contribution in [-0.2, 0) is 11.4 Å². The Hall–Kier alpha value is -3.63. The molecule has 0 atom stereocenters. The van der Waals surface area contributed by atoms with Gasteiger partial charge in [-0.15, -0.1) is 0 Å². The lowest BCUT2D eigenvalue weighted by Crippen LogP contribution is -2.33. The van der Waals surface area contributed by atoms with Crippen LogP contribution in [0.25, 0.3) is 10.9 Å². The number of fused-ring (bicyclic) bond motifs is 1. The second-order valence-electron chi connectivity index (χ2n) is 6.48. The standard InChI is InChI=1S/C22H22N4O3/c1-14-7-8-15-5-4-6-20(22(15)25-14)29-13-17-16(11-23)18(9-10-19(17)28-3)26(2)21(27)12-24/h4-10H,12-13,24H2,1-3H3. The lowest BCUT2D eigenvalue weighted by atomic mass is 10.0. The summed E-state index contributed by atoms with van der Waals surface area (Å²) in [6, 6.07) is 15.2. The second kappa shape index (κ2) is 8.59. The molecule has 7 heteroatoms. The Labute approximate surface area is 169 Å². The van der Waals surface area contributed by atoms with Crippen molar-refractivity contribution in [2.75, 3.05) is 25.6 Å². The quantitative estimate of drug-likeness (QED) is 0.694. The number of methoxy groups -OCH3 is 1. The molecular formula is C22H22N4O3. The first kappa shape index (κ1) is 20.1. The van der Waals surface area contributed by atoms with Crippen LogP contribution in [0, 0.1) is 18.3 Å². The number of likely N-dealkylation sites (N-methyl/N-ethyl adjacent to an activating group) is 1. The van der Waals surface area contributed by atoms with Gasteiger partial charge in [0.05, 0.1) is 30.5 Å². The first-order valence-corrected chi connectivity index (χ1v) is 9.06. The molecule has 0 saturated heterocycles. The number of hydrogen-bond donors (Lipinski definition) is 1. The van der Waals surface area contributed by atoms with Crippen LogP contribution in [0.5, 0.6) is 11.5 Å². The van der Waals surface area contributed by atoms with Crippen molar-refractivity contribution in [2.45, 2.75) is 13.5 Å². The molecule has 0 fully saturated rings. The normalized spacial score (nSPS) is 10.4. The van der Waals surface area contributed by atoms with E-state index in [4.69, 9.17) is 15.2 Å². The van der Waals surface area contributed by atoms with Gasteiger partial charge in [0.2, 0.25) is 5.91 Å². The van der Waals surface area contributed by atoms with Crippen molar-refractivity contribution in [3.05, 3.63) is 59.3 Å². The molecule has 1 aromatic heterocycles. The minimum Gasteiger partial charge on any atom is -0.496 e. The van der Waals surface area contributed by atoms with E-state index in [9.17, 15) is 10.1 Å². The van der Waals surface area contributed by atoms with Gasteiger partial charge in [0.25, 0.3) is 0 Å². The molecule has 0 bridgehead atoms. The summed E-state index contributed by atoms with van der Waals surface area (Å²) in [6.07, 6.45) is 0. The maximum atomic E-state index is 12.0. The highest BCUT2D eigenvalue weighted by Crippen LogP contribution is 2.32. The maximum absolute atomic E-state index is 12.0. The van der Waals surface area contributed by atoms with Crippen LogP contribution in [-0.4, -0.2) is 31.6 Å². The molecule has 0 aliphatic heterocycles. The number of aromatic nitrogens is 1. The number of pyridine rings is 1. The third-order valence-electron chi connectivity index (χ3n) is 4.68. The molecule has 1 heterocycles. The van der Waals surface area contributed by atoms with Crippen molar-refractivity contribution in [3.63, 3.8) is 0 Å². The zero-order valence-electron chi connectivity index (χ0n) is 16.6. The molecule has 2 N–H and O–H groups in total. The fourth-order valence-electron chi connectivity index (χ4n) is 3.11. The number of hydrogen-bond acceptors (Lipinski definition) is 6. The molecular weight excluding hydrogens is 368 g/mol. The van der Waals surface area contributed by atoms with Gasteiger partial charge in [-0.3, -0.25) is 4.79 Å². The zero-order valence-corrected chi connectivity index (χ0v) is 16.6. The molecule has 3 rings (SSSR count). The summed E-state index contributed by atoms with van der Waals surface area (Å²) in [7, 11) is 3.11. The van der Waals surface area contributed by atoms with Crippen LogP contribution in [0.1, 0.15) is 16.8 Å². The van der Waals surface area contributed by atoms with E-state index in [-0.39, 0.29) is 19.1 Å². The first-order chi connectivity index (χ1) is 14.0. The van der Waals surface area contributed by atoms with Crippen LogP contribution in [0.4, 0.5) is 5.69 Å². The van der Waals surface area contributed by atoms with E-state index in [0.29, 0.717) is 28.3 Å². The second-order valence-corrected chi connectivity index (χ2v) is 6.48. The SMILES string of the molecule is COc1ccc(N(C)C(=O)CN)c(C#N)c1COc1cccc2ccc(C)nc12. The van der Waals surface area contributed by atoms with Gasteiger partial charge in [-0.1, -0.05) is 18.2 Å². The van der Waals surface area contributed by atoms with E-state index >= 15 is 0 Å². The van der Waals surface area contributed by atoms with E-state index in [2.05, 4.69) is 11.1 Å². The van der Waals surface area contributed by atoms with Gasteiger partial charge in [0.15, 0.2) is 0 Å². The average molecular weight is 390 g/mol. The average Bonchev–Trinajstić information content (AvgIpc) is 2.75. The van der Waals surface area contributed by atoms with Crippen molar-refractivity contribution in [1.29, 1.82) is 5.26 Å². The number of carbonyl (C=O) groups is 1. The first-order valence-electron chi connectivity index (χ1n) is 9.06. The molecule has 0 spiro atoms. The Kier molecular flexibility index (Phi) is 5.96. The highest BCUT2D eigenvalue weighted by molar-refractivity contribution is 5.95. The van der Waals surface area contributed by atoms with E-state index in [1.165, 1.54) is 12.0 Å². The molecule has 0 aliphatic rings. The molecule has 0 radical (unpaired) electrons. The fraction of sp³-hybridized carbons (Fsp3) is 0.227. The Morgan fingerprint density at radius 1 is 1.21 bits per heavy atom. The van der Waals surface area contributed by atoms with Crippen LogP contribution in [0.15, 0.2) is 42.5 Å². The molecule has 0 saturated carbocycles.